The van der Waals surface area contributed by atoms with Crippen LogP contribution in [0.2, 0.25) is 5.02 Å². The third-order valence-electron chi connectivity index (χ3n) is 6.88. The van der Waals surface area contributed by atoms with Crippen molar-refractivity contribution in [3.05, 3.63) is 88.9 Å². The lowest BCUT2D eigenvalue weighted by Crippen LogP contribution is -2.54. The number of piperazine rings is 1. The molecule has 0 radical (unpaired) electrons. The number of hydrogen-bond donors (Lipinski definition) is 0. The molecule has 8 heteroatoms. The highest BCUT2D eigenvalue weighted by atomic mass is 35.5. The number of nitrogens with zero attached hydrogens (tertiary/aromatic N) is 6. The molecule has 0 spiro atoms. The Morgan fingerprint density at radius 1 is 0.944 bits per heavy atom. The molecule has 0 N–H and O–H groups in total. The summed E-state index contributed by atoms with van der Waals surface area (Å²) in [6.45, 7) is 5.97. The Hall–Kier alpha value is -3.97. The summed E-state index contributed by atoms with van der Waals surface area (Å²) in [6.07, 6.45) is 0. The predicted octanol–water partition coefficient (Wildman–Crippen LogP) is 5.26. The van der Waals surface area contributed by atoms with Crippen molar-refractivity contribution in [1.82, 2.24) is 24.5 Å². The summed E-state index contributed by atoms with van der Waals surface area (Å²) in [7, 11) is 0. The SMILES string of the molecule is Cc1ccccc1C(=O)N1CCN(c2nc3ccccc3c3nnc(-c4ccc(Cl)cc4)n23)C[C@@H]1C. The third-order valence-corrected chi connectivity index (χ3v) is 7.13. The van der Waals surface area contributed by atoms with E-state index in [1.165, 1.54) is 0 Å². The highest BCUT2D eigenvalue weighted by Gasteiger charge is 2.31. The minimum atomic E-state index is 0.00430. The zero-order valence-corrected chi connectivity index (χ0v) is 20.9. The van der Waals surface area contributed by atoms with Gasteiger partial charge in [-0.2, -0.15) is 0 Å². The number of hydrogen-bond acceptors (Lipinski definition) is 5. The van der Waals surface area contributed by atoms with Crippen LogP contribution < -0.4 is 4.90 Å². The monoisotopic (exact) mass is 496 g/mol. The summed E-state index contributed by atoms with van der Waals surface area (Å²) in [5.74, 6) is 1.55. The fourth-order valence-electron chi connectivity index (χ4n) is 4.97. The lowest BCUT2D eigenvalue weighted by molar-refractivity contribution is 0.0672. The molecular formula is C28H25ClN6O. The van der Waals surface area contributed by atoms with Crippen molar-refractivity contribution >= 4 is 40.0 Å². The van der Waals surface area contributed by atoms with Crippen LogP contribution in [-0.2, 0) is 0 Å². The maximum absolute atomic E-state index is 13.3. The van der Waals surface area contributed by atoms with Gasteiger partial charge in [-0.3, -0.25) is 4.79 Å². The highest BCUT2D eigenvalue weighted by Crippen LogP contribution is 2.30. The summed E-state index contributed by atoms with van der Waals surface area (Å²) in [4.78, 5) is 22.6. The van der Waals surface area contributed by atoms with Crippen LogP contribution in [0.5, 0.6) is 0 Å². The van der Waals surface area contributed by atoms with Gasteiger partial charge in [0.1, 0.15) is 0 Å². The highest BCUT2D eigenvalue weighted by molar-refractivity contribution is 6.30. The summed E-state index contributed by atoms with van der Waals surface area (Å²) in [5, 5.41) is 10.7. The van der Waals surface area contributed by atoms with Crippen molar-refractivity contribution in [3.63, 3.8) is 0 Å². The second kappa shape index (κ2) is 8.91. The lowest BCUT2D eigenvalue weighted by Gasteiger charge is -2.40. The van der Waals surface area contributed by atoms with Crippen LogP contribution in [0.15, 0.2) is 72.8 Å². The van der Waals surface area contributed by atoms with Crippen LogP contribution in [0.4, 0.5) is 5.95 Å². The molecule has 0 unspecified atom stereocenters. The molecule has 0 bridgehead atoms. The number of anilines is 1. The first kappa shape index (κ1) is 22.5. The van der Waals surface area contributed by atoms with Crippen LogP contribution in [0.3, 0.4) is 0 Å². The van der Waals surface area contributed by atoms with Crippen LogP contribution in [0.25, 0.3) is 27.9 Å². The normalized spacial score (nSPS) is 16.1. The van der Waals surface area contributed by atoms with Crippen molar-refractivity contribution in [1.29, 1.82) is 0 Å². The minimum Gasteiger partial charge on any atom is -0.338 e. The van der Waals surface area contributed by atoms with Gasteiger partial charge in [-0.25, -0.2) is 9.38 Å². The number of amides is 1. The van der Waals surface area contributed by atoms with Gasteiger partial charge in [0.2, 0.25) is 5.95 Å². The summed E-state index contributed by atoms with van der Waals surface area (Å²) < 4.78 is 2.02. The van der Waals surface area contributed by atoms with Crippen molar-refractivity contribution in [2.45, 2.75) is 19.9 Å². The van der Waals surface area contributed by atoms with Crippen molar-refractivity contribution in [2.75, 3.05) is 24.5 Å². The number of fused-ring (bicyclic) bond motifs is 3. The van der Waals surface area contributed by atoms with E-state index in [1.54, 1.807) is 0 Å². The fourth-order valence-corrected chi connectivity index (χ4v) is 5.10. The minimum absolute atomic E-state index is 0.00430. The first-order valence-electron chi connectivity index (χ1n) is 12.0. The number of para-hydroxylation sites is 1. The van der Waals surface area contributed by atoms with Crippen LogP contribution in [0, 0.1) is 6.92 Å². The number of aromatic nitrogens is 4. The molecule has 1 amide bonds. The molecule has 0 saturated carbocycles. The lowest BCUT2D eigenvalue weighted by atomic mass is 10.1. The molecule has 1 fully saturated rings. The molecular weight excluding hydrogens is 472 g/mol. The summed E-state index contributed by atoms with van der Waals surface area (Å²) >= 11 is 6.14. The Kier molecular flexibility index (Phi) is 5.57. The van der Waals surface area contributed by atoms with Crippen molar-refractivity contribution in [2.24, 2.45) is 0 Å². The molecule has 180 valence electrons. The number of benzene rings is 3. The van der Waals surface area contributed by atoms with E-state index < -0.39 is 0 Å². The quantitative estimate of drug-likeness (QED) is 0.341. The van der Waals surface area contributed by atoms with E-state index in [9.17, 15) is 4.79 Å². The second-order valence-corrected chi connectivity index (χ2v) is 9.66. The molecule has 1 aliphatic heterocycles. The summed E-state index contributed by atoms with van der Waals surface area (Å²) in [6, 6.07) is 23.3. The molecule has 2 aromatic heterocycles. The van der Waals surface area contributed by atoms with Gasteiger partial charge in [0.25, 0.3) is 5.91 Å². The smallest absolute Gasteiger partial charge is 0.254 e. The van der Waals surface area contributed by atoms with Crippen molar-refractivity contribution < 1.29 is 4.79 Å². The average Bonchev–Trinajstić information content (AvgIpc) is 3.34. The number of aryl methyl sites for hydroxylation is 1. The van der Waals surface area contributed by atoms with Crippen LogP contribution >= 0.6 is 11.6 Å². The van der Waals surface area contributed by atoms with E-state index in [-0.39, 0.29) is 11.9 Å². The van der Waals surface area contributed by atoms with E-state index >= 15 is 0 Å². The van der Waals surface area contributed by atoms with Gasteiger partial charge in [-0.15, -0.1) is 10.2 Å². The van der Waals surface area contributed by atoms with Crippen LogP contribution in [-0.4, -0.2) is 56.1 Å². The second-order valence-electron chi connectivity index (χ2n) is 9.23. The number of carbonyl (C=O) groups is 1. The maximum atomic E-state index is 13.3. The van der Waals surface area contributed by atoms with Crippen molar-refractivity contribution in [3.8, 4) is 11.4 Å². The zero-order chi connectivity index (χ0) is 24.8. The molecule has 1 saturated heterocycles. The topological polar surface area (TPSA) is 66.6 Å². The fraction of sp³-hybridized carbons (Fsp3) is 0.214. The van der Waals surface area contributed by atoms with E-state index in [1.807, 2.05) is 89.0 Å². The van der Waals surface area contributed by atoms with Gasteiger partial charge in [-0.1, -0.05) is 41.9 Å². The average molecular weight is 497 g/mol. The molecule has 36 heavy (non-hydrogen) atoms. The molecule has 1 aliphatic rings. The number of rotatable bonds is 3. The van der Waals surface area contributed by atoms with Gasteiger partial charge >= 0.3 is 0 Å². The molecule has 7 nitrogen and oxygen atoms in total. The van der Waals surface area contributed by atoms with Gasteiger partial charge in [0.15, 0.2) is 11.5 Å². The van der Waals surface area contributed by atoms with Gasteiger partial charge in [0.05, 0.1) is 5.52 Å². The van der Waals surface area contributed by atoms with E-state index in [0.29, 0.717) is 30.5 Å². The largest absolute Gasteiger partial charge is 0.338 e. The Labute approximate surface area is 214 Å². The molecule has 6 rings (SSSR count). The Balaban J connectivity index is 1.41. The van der Waals surface area contributed by atoms with Crippen LogP contribution in [0.1, 0.15) is 22.8 Å². The molecule has 0 aliphatic carbocycles. The standard InChI is InChI=1S/C28H25ClN6O/c1-18-7-3-4-8-22(18)27(36)34-16-15-33(17-19(34)2)28-30-24-10-6-5-9-23(24)26-32-31-25(35(26)28)20-11-13-21(29)14-12-20/h3-14,19H,15-17H2,1-2H3/t19-/m0/s1. The Bertz CT molecular complexity index is 1600. The van der Waals surface area contributed by atoms with Gasteiger partial charge in [-0.05, 0) is 61.9 Å². The maximum Gasteiger partial charge on any atom is 0.254 e. The Morgan fingerprint density at radius 3 is 2.47 bits per heavy atom. The van der Waals surface area contributed by atoms with Gasteiger partial charge in [0, 0.05) is 47.2 Å². The predicted molar refractivity (Wildman–Crippen MR) is 143 cm³/mol. The molecule has 5 aromatic rings. The zero-order valence-electron chi connectivity index (χ0n) is 20.1. The molecule has 3 aromatic carbocycles. The molecule has 1 atom stereocenters. The molecule has 3 heterocycles. The first-order chi connectivity index (χ1) is 17.5. The summed E-state index contributed by atoms with van der Waals surface area (Å²) in [5.41, 5.74) is 4.28. The number of carbonyl (C=O) groups excluding carboxylic acids is 1. The number of halogens is 1. The van der Waals surface area contributed by atoms with Gasteiger partial charge < -0.3 is 9.80 Å². The van der Waals surface area contributed by atoms with E-state index in [4.69, 9.17) is 16.6 Å². The first-order valence-corrected chi connectivity index (χ1v) is 12.4. The van der Waals surface area contributed by atoms with E-state index in [0.717, 1.165) is 39.2 Å². The third kappa shape index (κ3) is 3.76. The van der Waals surface area contributed by atoms with E-state index in [2.05, 4.69) is 22.0 Å². The Morgan fingerprint density at radius 2 is 1.69 bits per heavy atom.